The quantitative estimate of drug-likeness (QED) is 0.333. The molecule has 0 fully saturated rings. The normalized spacial score (nSPS) is 10.9. The summed E-state index contributed by atoms with van der Waals surface area (Å²) in [5, 5.41) is 0.470. The molecule has 1 radical (unpaired) electrons. The molecule has 0 saturated heterocycles. The van der Waals surface area contributed by atoms with E-state index in [0.717, 1.165) is 4.47 Å². The van der Waals surface area contributed by atoms with E-state index in [2.05, 4.69) is 32.0 Å². The Hall–Kier alpha value is -2.63. The first kappa shape index (κ1) is 18.7. The van der Waals surface area contributed by atoms with Gasteiger partial charge in [-0.15, -0.1) is 0 Å². The van der Waals surface area contributed by atoms with Crippen LogP contribution in [-0.4, -0.2) is 9.97 Å². The molecular weight excluding hydrogens is 446 g/mol. The molecule has 0 aliphatic carbocycles. The minimum atomic E-state index is -0.620. The molecule has 0 atom stereocenters. The van der Waals surface area contributed by atoms with Gasteiger partial charge in [0.1, 0.15) is 11.6 Å². The highest BCUT2D eigenvalue weighted by Gasteiger charge is 2.22. The molecule has 0 spiro atoms. The smallest absolute Gasteiger partial charge is 0.141 e. The van der Waals surface area contributed by atoms with Crippen LogP contribution >= 0.6 is 27.5 Å². The Balaban J connectivity index is 2.08. The largest absolute Gasteiger partial charge is 0.255 e. The number of hydrogen-bond donors (Lipinski definition) is 0. The van der Waals surface area contributed by atoms with E-state index in [1.807, 2.05) is 0 Å². The van der Waals surface area contributed by atoms with E-state index >= 15 is 0 Å². The van der Waals surface area contributed by atoms with Crippen LogP contribution in [0.5, 0.6) is 0 Å². The maximum atomic E-state index is 14.9. The van der Waals surface area contributed by atoms with Crippen LogP contribution in [0.25, 0.3) is 33.6 Å². The topological polar surface area (TPSA) is 25.8 Å². The molecule has 0 aliphatic rings. The van der Waals surface area contributed by atoms with Gasteiger partial charge in [-0.2, -0.15) is 0 Å². The van der Waals surface area contributed by atoms with Crippen LogP contribution in [0.4, 0.5) is 8.78 Å². The van der Waals surface area contributed by atoms with E-state index < -0.39 is 11.6 Å². The monoisotopic (exact) mass is 455 g/mol. The van der Waals surface area contributed by atoms with E-state index in [1.165, 1.54) is 18.3 Å². The Morgan fingerprint density at radius 2 is 1.57 bits per heavy atom. The number of nitrogens with zero attached hydrogens (tertiary/aromatic N) is 2. The van der Waals surface area contributed by atoms with Gasteiger partial charge in [0.15, 0.2) is 0 Å². The second kappa shape index (κ2) is 7.78. The first-order chi connectivity index (χ1) is 13.5. The molecule has 2 aromatic heterocycles. The standard InChI is InChI=1S/C22H11BrClF2N2/c23-13-5-9-20(27-11-13)22-18(26)8-7-16(19-10-6-14(24)12-28-19)21(22)15-3-1-2-4-17(15)25/h1-7,9-12H. The van der Waals surface area contributed by atoms with Crippen molar-refractivity contribution in [3.8, 4) is 33.6 Å². The van der Waals surface area contributed by atoms with Crippen molar-refractivity contribution in [1.82, 2.24) is 9.97 Å². The highest BCUT2D eigenvalue weighted by atomic mass is 79.9. The maximum Gasteiger partial charge on any atom is 0.141 e. The molecule has 0 N–H and O–H groups in total. The lowest BCUT2D eigenvalue weighted by atomic mass is 9.90. The van der Waals surface area contributed by atoms with Crippen LogP contribution in [0.2, 0.25) is 5.02 Å². The van der Waals surface area contributed by atoms with Crippen molar-refractivity contribution in [2.24, 2.45) is 0 Å². The molecule has 0 unspecified atom stereocenters. The molecule has 28 heavy (non-hydrogen) atoms. The third-order valence-corrected chi connectivity index (χ3v) is 4.90. The fourth-order valence-electron chi connectivity index (χ4n) is 2.97. The van der Waals surface area contributed by atoms with E-state index in [1.54, 1.807) is 48.7 Å². The fourth-order valence-corrected chi connectivity index (χ4v) is 3.32. The minimum absolute atomic E-state index is 0.159. The Morgan fingerprint density at radius 1 is 0.821 bits per heavy atom. The molecule has 2 heterocycles. The summed E-state index contributed by atoms with van der Waals surface area (Å²) in [5.41, 5.74) is 2.19. The summed E-state index contributed by atoms with van der Waals surface area (Å²) in [5.74, 6) is -1.09. The van der Waals surface area contributed by atoms with Gasteiger partial charge in [0.2, 0.25) is 0 Å². The highest BCUT2D eigenvalue weighted by Crippen LogP contribution is 2.41. The van der Waals surface area contributed by atoms with E-state index in [4.69, 9.17) is 11.6 Å². The van der Waals surface area contributed by atoms with Gasteiger partial charge in [-0.25, -0.2) is 8.78 Å². The predicted molar refractivity (Wildman–Crippen MR) is 110 cm³/mol. The lowest BCUT2D eigenvalue weighted by Gasteiger charge is -2.16. The number of rotatable bonds is 3. The highest BCUT2D eigenvalue weighted by molar-refractivity contribution is 9.10. The minimum Gasteiger partial charge on any atom is -0.255 e. The molecule has 6 heteroatoms. The Bertz CT molecular complexity index is 1150. The summed E-state index contributed by atoms with van der Waals surface area (Å²) in [7, 11) is 0. The molecule has 0 aliphatic heterocycles. The average molecular weight is 457 g/mol. The van der Waals surface area contributed by atoms with Crippen LogP contribution in [0, 0.1) is 17.7 Å². The van der Waals surface area contributed by atoms with Gasteiger partial charge in [0.05, 0.1) is 16.4 Å². The van der Waals surface area contributed by atoms with Gasteiger partial charge in [0.25, 0.3) is 0 Å². The maximum absolute atomic E-state index is 14.9. The molecule has 0 amide bonds. The average Bonchev–Trinajstić information content (AvgIpc) is 2.70. The van der Waals surface area contributed by atoms with Crippen LogP contribution in [-0.2, 0) is 0 Å². The summed E-state index contributed by atoms with van der Waals surface area (Å²) in [4.78, 5) is 8.62. The van der Waals surface area contributed by atoms with Crippen molar-refractivity contribution in [3.05, 3.63) is 94.2 Å². The SMILES string of the molecule is Fc1[c]cc(-c2ccc(Cl)cn2)c(-c2ccccc2F)c1-c1ccc(Br)cn1. The number of halogens is 4. The summed E-state index contributed by atoms with van der Waals surface area (Å²) >= 11 is 9.27. The summed E-state index contributed by atoms with van der Waals surface area (Å²) in [6, 6.07) is 17.1. The molecular formula is C22H11BrClF2N2. The zero-order valence-corrected chi connectivity index (χ0v) is 16.6. The van der Waals surface area contributed by atoms with Gasteiger partial charge in [0, 0.05) is 45.2 Å². The lowest BCUT2D eigenvalue weighted by Crippen LogP contribution is -1.98. The van der Waals surface area contributed by atoms with Crippen molar-refractivity contribution in [3.63, 3.8) is 0 Å². The van der Waals surface area contributed by atoms with E-state index in [9.17, 15) is 8.78 Å². The molecule has 4 rings (SSSR count). The zero-order chi connectivity index (χ0) is 19.7. The fraction of sp³-hybridized carbons (Fsp3) is 0. The van der Waals surface area contributed by atoms with Gasteiger partial charge >= 0.3 is 0 Å². The molecule has 2 aromatic carbocycles. The van der Waals surface area contributed by atoms with Crippen LogP contribution < -0.4 is 0 Å². The van der Waals surface area contributed by atoms with E-state index in [0.29, 0.717) is 27.5 Å². The van der Waals surface area contributed by atoms with Gasteiger partial charge in [-0.3, -0.25) is 9.97 Å². The number of pyridine rings is 2. The third kappa shape index (κ3) is 3.55. The second-order valence-corrected chi connectivity index (χ2v) is 7.32. The summed E-state index contributed by atoms with van der Waals surface area (Å²) < 4.78 is 30.4. The third-order valence-electron chi connectivity index (χ3n) is 4.21. The predicted octanol–water partition coefficient (Wildman–Crippen LogP) is 6.97. The second-order valence-electron chi connectivity index (χ2n) is 5.97. The Kier molecular flexibility index (Phi) is 5.20. The van der Waals surface area contributed by atoms with Crippen molar-refractivity contribution < 1.29 is 8.78 Å². The van der Waals surface area contributed by atoms with Gasteiger partial charge in [-0.05, 0) is 52.3 Å². The van der Waals surface area contributed by atoms with Crippen molar-refractivity contribution in [2.45, 2.75) is 0 Å². The van der Waals surface area contributed by atoms with Crippen LogP contribution in [0.3, 0.4) is 0 Å². The number of aromatic nitrogens is 2. The van der Waals surface area contributed by atoms with Gasteiger partial charge < -0.3 is 0 Å². The molecule has 4 aromatic rings. The Labute approximate surface area is 174 Å². The van der Waals surface area contributed by atoms with Crippen molar-refractivity contribution in [1.29, 1.82) is 0 Å². The van der Waals surface area contributed by atoms with Gasteiger partial charge in [-0.1, -0.05) is 29.8 Å². The first-order valence-corrected chi connectivity index (χ1v) is 9.44. The first-order valence-electron chi connectivity index (χ1n) is 8.27. The van der Waals surface area contributed by atoms with Crippen molar-refractivity contribution >= 4 is 27.5 Å². The van der Waals surface area contributed by atoms with Crippen LogP contribution in [0.1, 0.15) is 0 Å². The number of benzene rings is 2. The number of hydrogen-bond acceptors (Lipinski definition) is 2. The van der Waals surface area contributed by atoms with Crippen LogP contribution in [0.15, 0.2) is 71.5 Å². The molecule has 0 saturated carbocycles. The molecule has 2 nitrogen and oxygen atoms in total. The summed E-state index contributed by atoms with van der Waals surface area (Å²) in [6.45, 7) is 0. The van der Waals surface area contributed by atoms with Crippen molar-refractivity contribution in [2.75, 3.05) is 0 Å². The summed E-state index contributed by atoms with van der Waals surface area (Å²) in [6.07, 6.45) is 3.05. The molecule has 137 valence electrons. The lowest BCUT2D eigenvalue weighted by molar-refractivity contribution is 0.625. The molecule has 0 bridgehead atoms. The van der Waals surface area contributed by atoms with E-state index in [-0.39, 0.29) is 11.1 Å². The Morgan fingerprint density at radius 3 is 2.25 bits per heavy atom. The zero-order valence-electron chi connectivity index (χ0n) is 14.3.